The number of rotatable bonds is 5. The number of piperazine rings is 1. The molecular formula is C24H25F3N2O5. The average Bonchev–Trinajstić information content (AvgIpc) is 3.37. The third kappa shape index (κ3) is 5.44. The summed E-state index contributed by atoms with van der Waals surface area (Å²) in [6.45, 7) is 2.35. The van der Waals surface area contributed by atoms with Crippen LogP contribution in [0.2, 0.25) is 0 Å². The molecule has 0 aromatic heterocycles. The Labute approximate surface area is 195 Å². The van der Waals surface area contributed by atoms with Gasteiger partial charge in [-0.3, -0.25) is 9.59 Å². The fraction of sp³-hybridized carbons (Fsp3) is 0.417. The topological polar surface area (TPSA) is 68.3 Å². The quantitative estimate of drug-likeness (QED) is 0.655. The van der Waals surface area contributed by atoms with Crippen molar-refractivity contribution in [1.29, 1.82) is 0 Å². The first kappa shape index (κ1) is 23.9. The number of carbonyl (C=O) groups is 2. The van der Waals surface area contributed by atoms with Gasteiger partial charge in [-0.1, -0.05) is 12.1 Å². The van der Waals surface area contributed by atoms with Crippen molar-refractivity contribution in [2.75, 3.05) is 39.9 Å². The summed E-state index contributed by atoms with van der Waals surface area (Å²) in [5.41, 5.74) is 1.43. The lowest BCUT2D eigenvalue weighted by molar-refractivity contribution is -0.274. The van der Waals surface area contributed by atoms with Crippen LogP contribution in [0.3, 0.4) is 0 Å². The van der Waals surface area contributed by atoms with Gasteiger partial charge < -0.3 is 24.0 Å². The lowest BCUT2D eigenvalue weighted by atomic mass is 10.0. The summed E-state index contributed by atoms with van der Waals surface area (Å²) in [4.78, 5) is 28.9. The molecule has 2 aliphatic heterocycles. The molecule has 0 N–H and O–H groups in total. The SMILES string of the molecule is COc1ccc(OC(F)(F)F)cc1-c1ccc(C(=O)N2CCN(C(=O)C3CCCO3)CC2)cc1. The van der Waals surface area contributed by atoms with Gasteiger partial charge in [0.1, 0.15) is 17.6 Å². The van der Waals surface area contributed by atoms with Crippen LogP contribution >= 0.6 is 0 Å². The van der Waals surface area contributed by atoms with Gasteiger partial charge in [-0.05, 0) is 48.7 Å². The molecule has 0 radical (unpaired) electrons. The number of alkyl halides is 3. The van der Waals surface area contributed by atoms with Crippen LogP contribution in [0, 0.1) is 0 Å². The summed E-state index contributed by atoms with van der Waals surface area (Å²) in [6, 6.07) is 10.4. The monoisotopic (exact) mass is 478 g/mol. The summed E-state index contributed by atoms with van der Waals surface area (Å²) in [5, 5.41) is 0. The van der Waals surface area contributed by atoms with E-state index in [1.165, 1.54) is 25.3 Å². The number of hydrogen-bond acceptors (Lipinski definition) is 5. The van der Waals surface area contributed by atoms with Gasteiger partial charge in [0, 0.05) is 43.9 Å². The number of methoxy groups -OCH3 is 1. The minimum absolute atomic E-state index is 0.0142. The molecule has 0 spiro atoms. The van der Waals surface area contributed by atoms with Gasteiger partial charge in [-0.25, -0.2) is 0 Å². The van der Waals surface area contributed by atoms with E-state index >= 15 is 0 Å². The number of amides is 2. The molecule has 0 aliphatic carbocycles. The van der Waals surface area contributed by atoms with Gasteiger partial charge in [0.15, 0.2) is 0 Å². The van der Waals surface area contributed by atoms with E-state index in [4.69, 9.17) is 9.47 Å². The molecular weight excluding hydrogens is 453 g/mol. The van der Waals surface area contributed by atoms with E-state index in [-0.39, 0.29) is 23.7 Å². The molecule has 2 amide bonds. The van der Waals surface area contributed by atoms with E-state index in [9.17, 15) is 22.8 Å². The van der Waals surface area contributed by atoms with E-state index in [0.717, 1.165) is 12.8 Å². The van der Waals surface area contributed by atoms with Gasteiger partial charge in [0.25, 0.3) is 11.8 Å². The van der Waals surface area contributed by atoms with Crippen LogP contribution in [0.5, 0.6) is 11.5 Å². The maximum atomic E-state index is 12.9. The van der Waals surface area contributed by atoms with Crippen molar-refractivity contribution in [2.24, 2.45) is 0 Å². The molecule has 1 unspecified atom stereocenters. The van der Waals surface area contributed by atoms with Gasteiger partial charge in [0.05, 0.1) is 7.11 Å². The Morgan fingerprint density at radius 2 is 1.68 bits per heavy atom. The van der Waals surface area contributed by atoms with E-state index in [2.05, 4.69) is 4.74 Å². The van der Waals surface area contributed by atoms with Crippen molar-refractivity contribution in [3.8, 4) is 22.6 Å². The summed E-state index contributed by atoms with van der Waals surface area (Å²) >= 11 is 0. The highest BCUT2D eigenvalue weighted by atomic mass is 19.4. The molecule has 182 valence electrons. The highest BCUT2D eigenvalue weighted by molar-refractivity contribution is 5.95. The first-order valence-corrected chi connectivity index (χ1v) is 11.0. The maximum absolute atomic E-state index is 12.9. The molecule has 4 rings (SSSR count). The molecule has 7 nitrogen and oxygen atoms in total. The predicted molar refractivity (Wildman–Crippen MR) is 117 cm³/mol. The molecule has 0 bridgehead atoms. The highest BCUT2D eigenvalue weighted by Gasteiger charge is 2.32. The van der Waals surface area contributed by atoms with Crippen LogP contribution < -0.4 is 9.47 Å². The fourth-order valence-corrected chi connectivity index (χ4v) is 4.19. The highest BCUT2D eigenvalue weighted by Crippen LogP contribution is 2.35. The zero-order chi connectivity index (χ0) is 24.3. The first-order chi connectivity index (χ1) is 16.2. The zero-order valence-corrected chi connectivity index (χ0v) is 18.6. The van der Waals surface area contributed by atoms with Gasteiger partial charge >= 0.3 is 6.36 Å². The molecule has 2 fully saturated rings. The van der Waals surface area contributed by atoms with Gasteiger partial charge in [-0.2, -0.15) is 0 Å². The third-order valence-corrected chi connectivity index (χ3v) is 5.93. The van der Waals surface area contributed by atoms with Crippen molar-refractivity contribution < 1.29 is 37.0 Å². The van der Waals surface area contributed by atoms with E-state index in [1.807, 2.05) is 0 Å². The molecule has 2 aliphatic rings. The Bertz CT molecular complexity index is 1030. The van der Waals surface area contributed by atoms with Gasteiger partial charge in [0.2, 0.25) is 0 Å². The Morgan fingerprint density at radius 1 is 1.00 bits per heavy atom. The van der Waals surface area contributed by atoms with E-state index in [1.54, 1.807) is 34.1 Å². The Kier molecular flexibility index (Phi) is 6.97. The second-order valence-electron chi connectivity index (χ2n) is 8.11. The standard InChI is InChI=1S/C24H25F3N2O5/c1-32-20-9-8-18(34-24(25,26)27)15-19(20)16-4-6-17(7-5-16)22(30)28-10-12-29(13-11-28)23(31)21-3-2-14-33-21/h4-9,15,21H,2-3,10-14H2,1H3. The van der Waals surface area contributed by atoms with Crippen molar-refractivity contribution >= 4 is 11.8 Å². The Balaban J connectivity index is 1.42. The van der Waals surface area contributed by atoms with Gasteiger partial charge in [-0.15, -0.1) is 13.2 Å². The summed E-state index contributed by atoms with van der Waals surface area (Å²) in [6.07, 6.45) is -3.55. The lowest BCUT2D eigenvalue weighted by Gasteiger charge is -2.35. The molecule has 34 heavy (non-hydrogen) atoms. The molecule has 2 heterocycles. The molecule has 10 heteroatoms. The molecule has 2 aromatic rings. The largest absolute Gasteiger partial charge is 0.573 e. The summed E-state index contributed by atoms with van der Waals surface area (Å²) in [7, 11) is 1.42. The number of carbonyl (C=O) groups excluding carboxylic acids is 2. The Morgan fingerprint density at radius 3 is 2.26 bits per heavy atom. The smallest absolute Gasteiger partial charge is 0.496 e. The van der Waals surface area contributed by atoms with Crippen LogP contribution in [-0.4, -0.2) is 74.0 Å². The normalized spacial score (nSPS) is 18.6. The van der Waals surface area contributed by atoms with Crippen molar-refractivity contribution in [3.63, 3.8) is 0 Å². The van der Waals surface area contributed by atoms with Crippen LogP contribution in [0.1, 0.15) is 23.2 Å². The minimum Gasteiger partial charge on any atom is -0.496 e. The second-order valence-corrected chi connectivity index (χ2v) is 8.11. The van der Waals surface area contributed by atoms with E-state index in [0.29, 0.717) is 55.2 Å². The van der Waals surface area contributed by atoms with Crippen LogP contribution in [0.4, 0.5) is 13.2 Å². The molecule has 2 saturated heterocycles. The second kappa shape index (κ2) is 9.92. The van der Waals surface area contributed by atoms with Crippen molar-refractivity contribution in [3.05, 3.63) is 48.0 Å². The lowest BCUT2D eigenvalue weighted by Crippen LogP contribution is -2.52. The Hall–Kier alpha value is -3.27. The summed E-state index contributed by atoms with van der Waals surface area (Å²) < 4.78 is 52.5. The first-order valence-electron chi connectivity index (χ1n) is 11.0. The number of hydrogen-bond donors (Lipinski definition) is 0. The minimum atomic E-state index is -4.80. The molecule has 0 saturated carbocycles. The van der Waals surface area contributed by atoms with Crippen LogP contribution in [-0.2, 0) is 9.53 Å². The zero-order valence-electron chi connectivity index (χ0n) is 18.6. The number of ether oxygens (including phenoxy) is 3. The molecule has 1 atom stereocenters. The maximum Gasteiger partial charge on any atom is 0.573 e. The number of halogens is 3. The van der Waals surface area contributed by atoms with E-state index < -0.39 is 6.36 Å². The van der Waals surface area contributed by atoms with Crippen molar-refractivity contribution in [2.45, 2.75) is 25.3 Å². The third-order valence-electron chi connectivity index (χ3n) is 5.93. The van der Waals surface area contributed by atoms with Crippen molar-refractivity contribution in [1.82, 2.24) is 9.80 Å². The fourth-order valence-electron chi connectivity index (χ4n) is 4.19. The summed E-state index contributed by atoms with van der Waals surface area (Å²) in [5.74, 6) is -0.170. The van der Waals surface area contributed by atoms with Crippen LogP contribution in [0.25, 0.3) is 11.1 Å². The average molecular weight is 478 g/mol. The number of nitrogens with zero attached hydrogens (tertiary/aromatic N) is 2. The molecule has 2 aromatic carbocycles. The number of benzene rings is 2. The van der Waals surface area contributed by atoms with Crippen LogP contribution in [0.15, 0.2) is 42.5 Å². The predicted octanol–water partition coefficient (Wildman–Crippen LogP) is 3.72.